The Kier molecular flexibility index (Phi) is 5.97. The molecule has 1 aliphatic heterocycles. The van der Waals surface area contributed by atoms with Gasteiger partial charge >= 0.3 is 0 Å². The molecule has 0 saturated carbocycles. The van der Waals surface area contributed by atoms with E-state index in [9.17, 15) is 4.79 Å². The molecule has 0 radical (unpaired) electrons. The van der Waals surface area contributed by atoms with E-state index < -0.39 is 0 Å². The van der Waals surface area contributed by atoms with E-state index in [0.717, 1.165) is 29.5 Å². The number of likely N-dealkylation sites (tertiary alicyclic amines) is 1. The number of aromatic nitrogens is 2. The fraction of sp³-hybridized carbons (Fsp3) is 0.438. The number of hydrogen-bond acceptors (Lipinski definition) is 6. The molecule has 5 nitrogen and oxygen atoms in total. The molecular formula is C16H19ClN4OS2. The molecule has 1 aromatic heterocycles. The zero-order valence-corrected chi connectivity index (χ0v) is 15.8. The highest BCUT2D eigenvalue weighted by atomic mass is 35.5. The Morgan fingerprint density at radius 3 is 3.17 bits per heavy atom. The summed E-state index contributed by atoms with van der Waals surface area (Å²) in [4.78, 5) is 14.2. The van der Waals surface area contributed by atoms with E-state index >= 15 is 0 Å². The topological polar surface area (TPSA) is 58.1 Å². The van der Waals surface area contributed by atoms with Crippen molar-refractivity contribution in [1.29, 1.82) is 0 Å². The molecule has 0 unspecified atom stereocenters. The van der Waals surface area contributed by atoms with Crippen LogP contribution in [0.3, 0.4) is 0 Å². The lowest BCUT2D eigenvalue weighted by molar-refractivity contribution is -0.130. The quantitative estimate of drug-likeness (QED) is 0.782. The number of amides is 1. The zero-order chi connectivity index (χ0) is 16.9. The van der Waals surface area contributed by atoms with Crippen LogP contribution in [0.2, 0.25) is 5.02 Å². The molecule has 1 aromatic carbocycles. The monoisotopic (exact) mass is 382 g/mol. The number of nitrogens with zero attached hydrogens (tertiary/aromatic N) is 3. The molecule has 3 rings (SSSR count). The van der Waals surface area contributed by atoms with Crippen LogP contribution in [0, 0.1) is 5.92 Å². The molecule has 8 heteroatoms. The first kappa shape index (κ1) is 17.5. The second-order valence-corrected chi connectivity index (χ2v) is 8.52. The van der Waals surface area contributed by atoms with Crippen LogP contribution >= 0.6 is 34.7 Å². The Hall–Kier alpha value is -1.31. The number of piperidine rings is 1. The SMILES string of the molecule is C[C@H]1CCCN(C(=O)CSc2nnc(Nc3cccc(Cl)c3)s2)C1. The maximum absolute atomic E-state index is 12.3. The van der Waals surface area contributed by atoms with Gasteiger partial charge in [-0.05, 0) is 37.0 Å². The first-order valence-electron chi connectivity index (χ1n) is 7.87. The van der Waals surface area contributed by atoms with Crippen LogP contribution in [-0.4, -0.2) is 39.8 Å². The molecule has 24 heavy (non-hydrogen) atoms. The van der Waals surface area contributed by atoms with Crippen molar-refractivity contribution in [1.82, 2.24) is 15.1 Å². The minimum atomic E-state index is 0.186. The van der Waals surface area contributed by atoms with Gasteiger partial charge in [0.2, 0.25) is 11.0 Å². The smallest absolute Gasteiger partial charge is 0.233 e. The summed E-state index contributed by atoms with van der Waals surface area (Å²) in [6, 6.07) is 7.44. The van der Waals surface area contributed by atoms with Gasteiger partial charge in [-0.2, -0.15) is 0 Å². The van der Waals surface area contributed by atoms with Crippen LogP contribution in [0.25, 0.3) is 0 Å². The number of hydrogen-bond donors (Lipinski definition) is 1. The number of anilines is 2. The summed E-state index contributed by atoms with van der Waals surface area (Å²) in [5, 5.41) is 12.8. The van der Waals surface area contributed by atoms with Gasteiger partial charge in [-0.25, -0.2) is 0 Å². The fourth-order valence-corrected chi connectivity index (χ4v) is 4.50. The number of nitrogens with one attached hydrogen (secondary N) is 1. The van der Waals surface area contributed by atoms with E-state index in [0.29, 0.717) is 21.8 Å². The molecule has 128 valence electrons. The van der Waals surface area contributed by atoms with Gasteiger partial charge < -0.3 is 10.2 Å². The lowest BCUT2D eigenvalue weighted by Gasteiger charge is -2.30. The minimum absolute atomic E-state index is 0.186. The van der Waals surface area contributed by atoms with Crippen molar-refractivity contribution in [3.05, 3.63) is 29.3 Å². The third-order valence-corrected chi connectivity index (χ3v) is 6.00. The number of benzene rings is 1. The highest BCUT2D eigenvalue weighted by molar-refractivity contribution is 8.01. The lowest BCUT2D eigenvalue weighted by Crippen LogP contribution is -2.40. The fourth-order valence-electron chi connectivity index (χ4n) is 2.64. The van der Waals surface area contributed by atoms with Crippen LogP contribution < -0.4 is 5.32 Å². The van der Waals surface area contributed by atoms with Gasteiger partial charge in [-0.15, -0.1) is 10.2 Å². The summed E-state index contributed by atoms with van der Waals surface area (Å²) in [5.74, 6) is 1.20. The van der Waals surface area contributed by atoms with Crippen molar-refractivity contribution in [2.75, 3.05) is 24.2 Å². The number of rotatable bonds is 5. The number of thioether (sulfide) groups is 1. The molecule has 1 atom stereocenters. The van der Waals surface area contributed by atoms with Crippen molar-refractivity contribution in [3.63, 3.8) is 0 Å². The first-order chi connectivity index (χ1) is 11.6. The molecule has 1 fully saturated rings. The van der Waals surface area contributed by atoms with Gasteiger partial charge in [0.05, 0.1) is 5.75 Å². The normalized spacial score (nSPS) is 17.8. The summed E-state index contributed by atoms with van der Waals surface area (Å²) in [6.07, 6.45) is 2.32. The maximum atomic E-state index is 12.3. The summed E-state index contributed by atoms with van der Waals surface area (Å²) in [5.41, 5.74) is 0.869. The van der Waals surface area contributed by atoms with Gasteiger partial charge in [0.1, 0.15) is 0 Å². The third kappa shape index (κ3) is 4.84. The molecule has 2 heterocycles. The second kappa shape index (κ2) is 8.18. The third-order valence-electron chi connectivity index (χ3n) is 3.81. The van der Waals surface area contributed by atoms with Crippen molar-refractivity contribution in [3.8, 4) is 0 Å². The van der Waals surface area contributed by atoms with E-state index in [1.807, 2.05) is 29.2 Å². The molecule has 2 aromatic rings. The number of carbonyl (C=O) groups is 1. The highest BCUT2D eigenvalue weighted by Gasteiger charge is 2.21. The predicted molar refractivity (Wildman–Crippen MR) is 100 cm³/mol. The minimum Gasteiger partial charge on any atom is -0.342 e. The van der Waals surface area contributed by atoms with Gasteiger partial charge in [0.15, 0.2) is 4.34 Å². The second-order valence-electron chi connectivity index (χ2n) is 5.88. The summed E-state index contributed by atoms with van der Waals surface area (Å²) >= 11 is 8.85. The predicted octanol–water partition coefficient (Wildman–Crippen LogP) is 4.29. The van der Waals surface area contributed by atoms with Crippen LogP contribution in [-0.2, 0) is 4.79 Å². The summed E-state index contributed by atoms with van der Waals surface area (Å²) in [7, 11) is 0. The van der Waals surface area contributed by atoms with E-state index in [4.69, 9.17) is 11.6 Å². The first-order valence-corrected chi connectivity index (χ1v) is 10.0. The average Bonchev–Trinajstić information content (AvgIpc) is 3.00. The van der Waals surface area contributed by atoms with E-state index in [2.05, 4.69) is 22.4 Å². The number of halogens is 1. The van der Waals surface area contributed by atoms with Crippen LogP contribution in [0.1, 0.15) is 19.8 Å². The summed E-state index contributed by atoms with van der Waals surface area (Å²) < 4.78 is 0.790. The Bertz CT molecular complexity index is 709. The van der Waals surface area contributed by atoms with E-state index in [1.54, 1.807) is 0 Å². The zero-order valence-electron chi connectivity index (χ0n) is 13.4. The molecule has 0 spiro atoms. The average molecular weight is 383 g/mol. The lowest BCUT2D eigenvalue weighted by atomic mass is 10.0. The Morgan fingerprint density at radius 2 is 2.38 bits per heavy atom. The molecule has 0 aliphatic carbocycles. The maximum Gasteiger partial charge on any atom is 0.233 e. The Balaban J connectivity index is 1.51. The summed E-state index contributed by atoms with van der Waals surface area (Å²) in [6.45, 7) is 3.95. The largest absolute Gasteiger partial charge is 0.342 e. The van der Waals surface area contributed by atoms with Gasteiger partial charge in [-0.1, -0.05) is 47.7 Å². The molecule has 1 N–H and O–H groups in total. The van der Waals surface area contributed by atoms with Crippen LogP contribution in [0.15, 0.2) is 28.6 Å². The van der Waals surface area contributed by atoms with Gasteiger partial charge in [0.25, 0.3) is 0 Å². The molecule has 1 saturated heterocycles. The standard InChI is InChI=1S/C16H19ClN4OS2/c1-11-4-3-7-21(9-11)14(22)10-23-16-20-19-15(24-16)18-13-6-2-5-12(17)8-13/h2,5-6,8,11H,3-4,7,9-10H2,1H3,(H,18,19)/t11-/m0/s1. The molecule has 1 aliphatic rings. The Morgan fingerprint density at radius 1 is 1.50 bits per heavy atom. The van der Waals surface area contributed by atoms with E-state index in [-0.39, 0.29) is 5.91 Å². The highest BCUT2D eigenvalue weighted by Crippen LogP contribution is 2.29. The van der Waals surface area contributed by atoms with Crippen LogP contribution in [0.4, 0.5) is 10.8 Å². The van der Waals surface area contributed by atoms with Crippen LogP contribution in [0.5, 0.6) is 0 Å². The molecule has 1 amide bonds. The van der Waals surface area contributed by atoms with Gasteiger partial charge in [-0.3, -0.25) is 4.79 Å². The van der Waals surface area contributed by atoms with Crippen molar-refractivity contribution >= 4 is 51.4 Å². The molecular weight excluding hydrogens is 364 g/mol. The van der Waals surface area contributed by atoms with E-state index in [1.165, 1.54) is 29.5 Å². The van der Waals surface area contributed by atoms with Crippen molar-refractivity contribution < 1.29 is 4.79 Å². The number of carbonyl (C=O) groups excluding carboxylic acids is 1. The van der Waals surface area contributed by atoms with Crippen molar-refractivity contribution in [2.24, 2.45) is 5.92 Å². The van der Waals surface area contributed by atoms with Gasteiger partial charge in [0, 0.05) is 23.8 Å². The van der Waals surface area contributed by atoms with Crippen molar-refractivity contribution in [2.45, 2.75) is 24.1 Å². The molecule has 0 bridgehead atoms. The Labute approximate surface area is 154 Å².